The highest BCUT2D eigenvalue weighted by molar-refractivity contribution is 8.00. The number of carbonyl (C=O) groups excluding carboxylic acids is 1. The molecule has 1 aliphatic heterocycles. The summed E-state index contributed by atoms with van der Waals surface area (Å²) in [6.45, 7) is 0.584. The number of anilines is 1. The molecule has 1 amide bonds. The van der Waals surface area contributed by atoms with Crippen molar-refractivity contribution in [1.29, 1.82) is 0 Å². The fraction of sp³-hybridized carbons (Fsp3) is 0.278. The standard InChI is InChI=1S/C18H17N3O4S/c1-2-10-24-11-16-25-15(12-26-16)21-9-8-14(20-18(21)23)19-17(22)13-6-4-3-5-7-13/h1,3-9,15-16H,10-12H2,(H,19,20,22,23)/t15-,16+/m0/s1. The van der Waals surface area contributed by atoms with E-state index >= 15 is 0 Å². The molecular formula is C18H17N3O4S. The molecule has 134 valence electrons. The van der Waals surface area contributed by atoms with E-state index < -0.39 is 11.9 Å². The molecule has 0 aliphatic carbocycles. The summed E-state index contributed by atoms with van der Waals surface area (Å²) in [4.78, 5) is 28.3. The van der Waals surface area contributed by atoms with Gasteiger partial charge in [-0.15, -0.1) is 18.2 Å². The van der Waals surface area contributed by atoms with Gasteiger partial charge in [0.2, 0.25) is 0 Å². The van der Waals surface area contributed by atoms with Crippen molar-refractivity contribution in [1.82, 2.24) is 9.55 Å². The average Bonchev–Trinajstić information content (AvgIpc) is 3.11. The van der Waals surface area contributed by atoms with Crippen LogP contribution in [-0.2, 0) is 9.47 Å². The predicted molar refractivity (Wildman–Crippen MR) is 98.9 cm³/mol. The van der Waals surface area contributed by atoms with E-state index in [1.54, 1.807) is 48.3 Å². The van der Waals surface area contributed by atoms with Gasteiger partial charge in [0, 0.05) is 17.5 Å². The topological polar surface area (TPSA) is 82.4 Å². The number of terminal acetylenes is 1. The maximum absolute atomic E-state index is 12.3. The quantitative estimate of drug-likeness (QED) is 0.615. The number of nitrogens with zero attached hydrogens (tertiary/aromatic N) is 2. The van der Waals surface area contributed by atoms with E-state index in [1.165, 1.54) is 4.57 Å². The van der Waals surface area contributed by atoms with E-state index in [2.05, 4.69) is 16.2 Å². The molecule has 1 aromatic heterocycles. The number of hydrogen-bond donors (Lipinski definition) is 1. The molecule has 0 spiro atoms. The van der Waals surface area contributed by atoms with Crippen LogP contribution in [0.15, 0.2) is 47.4 Å². The maximum atomic E-state index is 12.3. The highest BCUT2D eigenvalue weighted by atomic mass is 32.2. The Morgan fingerprint density at radius 1 is 1.42 bits per heavy atom. The molecule has 0 bridgehead atoms. The first-order valence-electron chi connectivity index (χ1n) is 7.91. The van der Waals surface area contributed by atoms with Gasteiger partial charge in [0.15, 0.2) is 0 Å². The van der Waals surface area contributed by atoms with Crippen LogP contribution in [0.5, 0.6) is 0 Å². The van der Waals surface area contributed by atoms with Crippen LogP contribution in [0, 0.1) is 12.3 Å². The lowest BCUT2D eigenvalue weighted by molar-refractivity contribution is -0.0196. The largest absolute Gasteiger partial charge is 0.365 e. The number of carbonyl (C=O) groups is 1. The van der Waals surface area contributed by atoms with E-state index in [1.807, 2.05) is 6.07 Å². The molecule has 1 fully saturated rings. The number of amides is 1. The van der Waals surface area contributed by atoms with Crippen LogP contribution >= 0.6 is 11.8 Å². The molecular weight excluding hydrogens is 354 g/mol. The number of nitrogens with one attached hydrogen (secondary N) is 1. The highest BCUT2D eigenvalue weighted by Crippen LogP contribution is 2.31. The van der Waals surface area contributed by atoms with Crippen molar-refractivity contribution < 1.29 is 14.3 Å². The molecule has 1 N–H and O–H groups in total. The van der Waals surface area contributed by atoms with Crippen LogP contribution in [0.4, 0.5) is 5.82 Å². The zero-order chi connectivity index (χ0) is 18.4. The summed E-state index contributed by atoms with van der Waals surface area (Å²) in [5.74, 6) is 2.86. The average molecular weight is 371 g/mol. The van der Waals surface area contributed by atoms with Crippen molar-refractivity contribution in [3.05, 3.63) is 58.6 Å². The Labute approximate surface area is 154 Å². The SMILES string of the molecule is C#CCOC[C@@H]1O[C@H](n2ccc(NC(=O)c3ccccc3)nc2=O)CS1. The summed E-state index contributed by atoms with van der Waals surface area (Å²) in [5, 5.41) is 2.61. The Hall–Kier alpha value is -2.60. The van der Waals surface area contributed by atoms with Gasteiger partial charge in [0.05, 0.1) is 6.61 Å². The van der Waals surface area contributed by atoms with Crippen molar-refractivity contribution >= 4 is 23.5 Å². The molecule has 3 rings (SSSR count). The monoisotopic (exact) mass is 371 g/mol. The summed E-state index contributed by atoms with van der Waals surface area (Å²) in [5.41, 5.74) is -0.187. The van der Waals surface area contributed by atoms with Crippen LogP contribution in [0.25, 0.3) is 0 Å². The van der Waals surface area contributed by atoms with Gasteiger partial charge < -0.3 is 14.8 Å². The number of aromatic nitrogens is 2. The van der Waals surface area contributed by atoms with Gasteiger partial charge >= 0.3 is 5.69 Å². The molecule has 26 heavy (non-hydrogen) atoms. The summed E-state index contributed by atoms with van der Waals surface area (Å²) in [6, 6.07) is 10.3. The fourth-order valence-corrected chi connectivity index (χ4v) is 3.39. The number of rotatable bonds is 6. The van der Waals surface area contributed by atoms with E-state index in [0.717, 1.165) is 0 Å². The van der Waals surface area contributed by atoms with Gasteiger partial charge in [0.1, 0.15) is 24.1 Å². The predicted octanol–water partition coefficient (Wildman–Crippen LogP) is 1.73. The van der Waals surface area contributed by atoms with Crippen molar-refractivity contribution in [2.75, 3.05) is 24.3 Å². The van der Waals surface area contributed by atoms with Crippen molar-refractivity contribution in [2.45, 2.75) is 11.7 Å². The molecule has 1 aromatic carbocycles. The van der Waals surface area contributed by atoms with E-state index in [4.69, 9.17) is 15.9 Å². The minimum absolute atomic E-state index is 0.183. The Morgan fingerprint density at radius 3 is 2.96 bits per heavy atom. The van der Waals surface area contributed by atoms with Gasteiger partial charge in [-0.2, -0.15) is 4.98 Å². The third-order valence-electron chi connectivity index (χ3n) is 3.59. The molecule has 8 heteroatoms. The molecule has 1 saturated heterocycles. The zero-order valence-electron chi connectivity index (χ0n) is 13.8. The van der Waals surface area contributed by atoms with Gasteiger partial charge in [-0.3, -0.25) is 9.36 Å². The van der Waals surface area contributed by atoms with Crippen LogP contribution in [0.3, 0.4) is 0 Å². The Balaban J connectivity index is 1.62. The minimum Gasteiger partial charge on any atom is -0.365 e. The third kappa shape index (κ3) is 4.52. The smallest absolute Gasteiger partial charge is 0.351 e. The van der Waals surface area contributed by atoms with Crippen LogP contribution in [0.1, 0.15) is 16.6 Å². The minimum atomic E-state index is -0.494. The Kier molecular flexibility index (Phi) is 6.07. The van der Waals surface area contributed by atoms with E-state index in [0.29, 0.717) is 17.9 Å². The Morgan fingerprint density at radius 2 is 2.23 bits per heavy atom. The first-order valence-corrected chi connectivity index (χ1v) is 8.96. The van der Waals surface area contributed by atoms with Gasteiger partial charge in [-0.25, -0.2) is 4.79 Å². The molecule has 7 nitrogen and oxygen atoms in total. The molecule has 0 unspecified atom stereocenters. The Bertz CT molecular complexity index is 863. The lowest BCUT2D eigenvalue weighted by Gasteiger charge is -2.14. The molecule has 2 aromatic rings. The molecule has 1 aliphatic rings. The van der Waals surface area contributed by atoms with Gasteiger partial charge in [-0.05, 0) is 18.2 Å². The summed E-state index contributed by atoms with van der Waals surface area (Å²) in [7, 11) is 0. The third-order valence-corrected chi connectivity index (χ3v) is 4.69. The van der Waals surface area contributed by atoms with Crippen LogP contribution in [0.2, 0.25) is 0 Å². The first-order chi connectivity index (χ1) is 12.7. The molecule has 2 atom stereocenters. The molecule has 0 saturated carbocycles. The second kappa shape index (κ2) is 8.67. The summed E-state index contributed by atoms with van der Waals surface area (Å²) >= 11 is 1.54. The van der Waals surface area contributed by atoms with Crippen molar-refractivity contribution in [3.63, 3.8) is 0 Å². The second-order valence-electron chi connectivity index (χ2n) is 5.40. The van der Waals surface area contributed by atoms with Gasteiger partial charge in [-0.1, -0.05) is 24.1 Å². The molecule has 0 radical (unpaired) electrons. The number of ether oxygens (including phenoxy) is 2. The van der Waals surface area contributed by atoms with E-state index in [9.17, 15) is 9.59 Å². The van der Waals surface area contributed by atoms with Gasteiger partial charge in [0.25, 0.3) is 5.91 Å². The maximum Gasteiger partial charge on any atom is 0.351 e. The fourth-order valence-electron chi connectivity index (χ4n) is 2.37. The molecule has 2 heterocycles. The number of benzene rings is 1. The number of hydrogen-bond acceptors (Lipinski definition) is 6. The van der Waals surface area contributed by atoms with E-state index in [-0.39, 0.29) is 23.8 Å². The lowest BCUT2D eigenvalue weighted by atomic mass is 10.2. The van der Waals surface area contributed by atoms with Crippen LogP contribution < -0.4 is 11.0 Å². The summed E-state index contributed by atoms with van der Waals surface area (Å²) in [6.07, 6.45) is 6.26. The zero-order valence-corrected chi connectivity index (χ0v) is 14.6. The normalized spacial score (nSPS) is 19.0. The highest BCUT2D eigenvalue weighted by Gasteiger charge is 2.28. The second-order valence-corrected chi connectivity index (χ2v) is 6.59. The lowest BCUT2D eigenvalue weighted by Crippen LogP contribution is -2.29. The van der Waals surface area contributed by atoms with Crippen molar-refractivity contribution in [3.8, 4) is 12.3 Å². The summed E-state index contributed by atoms with van der Waals surface area (Å²) < 4.78 is 12.4. The van der Waals surface area contributed by atoms with Crippen LogP contribution in [-0.4, -0.2) is 39.9 Å². The number of thioether (sulfide) groups is 1. The first kappa shape index (κ1) is 18.2. The van der Waals surface area contributed by atoms with Crippen molar-refractivity contribution in [2.24, 2.45) is 0 Å².